The highest BCUT2D eigenvalue weighted by Gasteiger charge is 2.29. The van der Waals surface area contributed by atoms with Crippen molar-refractivity contribution in [1.82, 2.24) is 21.3 Å². The van der Waals surface area contributed by atoms with Crippen LogP contribution >= 0.6 is 0 Å². The molecule has 0 radical (unpaired) electrons. The van der Waals surface area contributed by atoms with Crippen LogP contribution in [0.25, 0.3) is 10.8 Å². The van der Waals surface area contributed by atoms with E-state index in [4.69, 9.17) is 20.6 Å². The van der Waals surface area contributed by atoms with Gasteiger partial charge < -0.3 is 31.2 Å². The summed E-state index contributed by atoms with van der Waals surface area (Å²) in [6.07, 6.45) is -0.0275. The molecule has 0 saturated carbocycles. The lowest BCUT2D eigenvalue weighted by Gasteiger charge is -2.24. The van der Waals surface area contributed by atoms with Gasteiger partial charge in [0.15, 0.2) is 5.96 Å². The number of ether oxygens (including phenoxy) is 2. The van der Waals surface area contributed by atoms with Gasteiger partial charge in [-0.25, -0.2) is 4.79 Å². The number of rotatable bonds is 14. The number of hydrogen-bond donors (Lipinski definition) is 6. The van der Waals surface area contributed by atoms with Crippen molar-refractivity contribution in [3.8, 4) is 5.75 Å². The van der Waals surface area contributed by atoms with Gasteiger partial charge in [0, 0.05) is 17.5 Å². The summed E-state index contributed by atoms with van der Waals surface area (Å²) in [5.74, 6) is -1.73. The highest BCUT2D eigenvalue weighted by molar-refractivity contribution is 6.09. The molecular weight excluding hydrogens is 564 g/mol. The maximum Gasteiger partial charge on any atom is 0.408 e. The van der Waals surface area contributed by atoms with Crippen molar-refractivity contribution < 1.29 is 28.7 Å². The maximum atomic E-state index is 13.4. The molecule has 0 aliphatic carbocycles. The van der Waals surface area contributed by atoms with Crippen LogP contribution in [0, 0.1) is 11.3 Å². The zero-order valence-corrected chi connectivity index (χ0v) is 25.1. The molecule has 0 fully saturated rings. The van der Waals surface area contributed by atoms with Crippen LogP contribution in [0.3, 0.4) is 0 Å². The van der Waals surface area contributed by atoms with Crippen LogP contribution in [-0.2, 0) is 20.9 Å². The second-order valence-electron chi connectivity index (χ2n) is 10.7. The van der Waals surface area contributed by atoms with Crippen molar-refractivity contribution >= 4 is 40.5 Å². The van der Waals surface area contributed by atoms with E-state index in [0.29, 0.717) is 12.2 Å². The standard InChI is InChI=1S/C32H40N6O6/c1-20(2)16-26(37-32(42)44-19-21-10-5-4-6-11-21)30(41)36-25(14-9-15-35-31(33)34)29(40)38-28(39)23-17-22-12-7-8-13-24(22)27(18-23)43-3/h4-8,10-13,17-18,20,25-26H,9,14-16,19H2,1-3H3,(H,36,41)(H,37,42)(H4,33,34,35)(H,38,39,40)/t25-,26-/m0/s1. The molecule has 0 saturated heterocycles. The molecule has 44 heavy (non-hydrogen) atoms. The van der Waals surface area contributed by atoms with E-state index >= 15 is 0 Å². The summed E-state index contributed by atoms with van der Waals surface area (Å²) in [6.45, 7) is 4.08. The fourth-order valence-electron chi connectivity index (χ4n) is 4.53. The summed E-state index contributed by atoms with van der Waals surface area (Å²) >= 11 is 0. The largest absolute Gasteiger partial charge is 0.496 e. The molecule has 0 spiro atoms. The minimum atomic E-state index is -1.13. The molecule has 3 aromatic rings. The molecule has 0 unspecified atom stereocenters. The van der Waals surface area contributed by atoms with Gasteiger partial charge in [-0.2, -0.15) is 0 Å². The molecule has 2 atom stereocenters. The number of carbonyl (C=O) groups is 4. The third kappa shape index (κ3) is 10.3. The van der Waals surface area contributed by atoms with E-state index in [9.17, 15) is 19.2 Å². The number of guanidine groups is 1. The summed E-state index contributed by atoms with van der Waals surface area (Å²) in [4.78, 5) is 52.5. The predicted octanol–water partition coefficient (Wildman–Crippen LogP) is 3.19. The lowest BCUT2D eigenvalue weighted by molar-refractivity contribution is -0.130. The van der Waals surface area contributed by atoms with E-state index in [-0.39, 0.29) is 43.4 Å². The van der Waals surface area contributed by atoms with Crippen LogP contribution in [0.1, 0.15) is 49.0 Å². The Labute approximate surface area is 256 Å². The van der Waals surface area contributed by atoms with Gasteiger partial charge in [-0.1, -0.05) is 68.4 Å². The van der Waals surface area contributed by atoms with Crippen molar-refractivity contribution in [2.75, 3.05) is 13.7 Å². The number of nitrogens with one attached hydrogen (secondary N) is 5. The second kappa shape index (κ2) is 16.5. The van der Waals surface area contributed by atoms with Gasteiger partial charge in [-0.05, 0) is 48.3 Å². The van der Waals surface area contributed by atoms with E-state index in [1.165, 1.54) is 7.11 Å². The fourth-order valence-corrected chi connectivity index (χ4v) is 4.53. The lowest BCUT2D eigenvalue weighted by atomic mass is 10.0. The normalized spacial score (nSPS) is 12.1. The number of hydrogen-bond acceptors (Lipinski definition) is 7. The van der Waals surface area contributed by atoms with Crippen LogP contribution in [0.5, 0.6) is 5.75 Å². The van der Waals surface area contributed by atoms with Gasteiger partial charge in [0.25, 0.3) is 5.91 Å². The van der Waals surface area contributed by atoms with Crippen LogP contribution in [0.2, 0.25) is 0 Å². The van der Waals surface area contributed by atoms with Crippen LogP contribution in [0.4, 0.5) is 4.79 Å². The first-order valence-electron chi connectivity index (χ1n) is 14.3. The average molecular weight is 605 g/mol. The molecule has 7 N–H and O–H groups in total. The fraction of sp³-hybridized carbons (Fsp3) is 0.344. The third-order valence-corrected chi connectivity index (χ3v) is 6.69. The molecule has 3 aromatic carbocycles. The zero-order valence-electron chi connectivity index (χ0n) is 25.1. The van der Waals surface area contributed by atoms with Crippen molar-refractivity contribution in [2.45, 2.75) is 51.8 Å². The van der Waals surface area contributed by atoms with Gasteiger partial charge in [-0.15, -0.1) is 0 Å². The molecule has 0 aromatic heterocycles. The summed E-state index contributed by atoms with van der Waals surface area (Å²) in [5, 5.41) is 19.2. The summed E-state index contributed by atoms with van der Waals surface area (Å²) < 4.78 is 10.7. The number of imide groups is 1. The minimum Gasteiger partial charge on any atom is -0.496 e. The van der Waals surface area contributed by atoms with Gasteiger partial charge >= 0.3 is 6.09 Å². The SMILES string of the molecule is COc1cc(C(=O)NC(=O)[C@H](CCCNC(=N)N)NC(=O)[C@H](CC(C)C)NC(=O)OCc2ccccc2)cc2ccccc12. The van der Waals surface area contributed by atoms with Crippen molar-refractivity contribution in [2.24, 2.45) is 11.7 Å². The van der Waals surface area contributed by atoms with Crippen LogP contribution in [0.15, 0.2) is 66.7 Å². The summed E-state index contributed by atoms with van der Waals surface area (Å²) in [5.41, 5.74) is 6.35. The third-order valence-electron chi connectivity index (χ3n) is 6.69. The molecule has 0 heterocycles. The van der Waals surface area contributed by atoms with Crippen LogP contribution in [-0.4, -0.2) is 55.5 Å². The number of alkyl carbamates (subject to hydrolysis) is 1. The number of benzene rings is 3. The molecule has 234 valence electrons. The van der Waals surface area contributed by atoms with Gasteiger partial charge in [-0.3, -0.25) is 25.1 Å². The van der Waals surface area contributed by atoms with E-state index < -0.39 is 35.9 Å². The Morgan fingerprint density at radius 2 is 1.61 bits per heavy atom. The highest BCUT2D eigenvalue weighted by Crippen LogP contribution is 2.27. The molecule has 0 bridgehead atoms. The Morgan fingerprint density at radius 3 is 2.30 bits per heavy atom. The first kappa shape index (κ1) is 33.4. The second-order valence-corrected chi connectivity index (χ2v) is 10.7. The topological polar surface area (TPSA) is 185 Å². The Hall–Kier alpha value is -5.13. The Morgan fingerprint density at radius 1 is 0.909 bits per heavy atom. The van der Waals surface area contributed by atoms with Crippen molar-refractivity contribution in [3.05, 3.63) is 77.9 Å². The Balaban J connectivity index is 1.73. The quantitative estimate of drug-likeness (QED) is 0.0920. The van der Waals surface area contributed by atoms with E-state index in [1.807, 2.05) is 68.4 Å². The van der Waals surface area contributed by atoms with Gasteiger partial charge in [0.1, 0.15) is 24.4 Å². The van der Waals surface area contributed by atoms with Crippen molar-refractivity contribution in [3.63, 3.8) is 0 Å². The van der Waals surface area contributed by atoms with Crippen molar-refractivity contribution in [1.29, 1.82) is 5.41 Å². The smallest absolute Gasteiger partial charge is 0.408 e. The van der Waals surface area contributed by atoms with Crippen LogP contribution < -0.4 is 31.7 Å². The zero-order chi connectivity index (χ0) is 32.1. The molecule has 3 rings (SSSR count). The van der Waals surface area contributed by atoms with Gasteiger partial charge in [0.05, 0.1) is 7.11 Å². The number of nitrogens with two attached hydrogens (primary N) is 1. The highest BCUT2D eigenvalue weighted by atomic mass is 16.5. The molecule has 12 nitrogen and oxygen atoms in total. The maximum absolute atomic E-state index is 13.4. The Kier molecular flexibility index (Phi) is 12.5. The van der Waals surface area contributed by atoms with Gasteiger partial charge in [0.2, 0.25) is 11.8 Å². The number of fused-ring (bicyclic) bond motifs is 1. The minimum absolute atomic E-state index is 0.0247. The molecule has 4 amide bonds. The Bertz CT molecular complexity index is 1460. The summed E-state index contributed by atoms with van der Waals surface area (Å²) in [6, 6.07) is 17.6. The first-order chi connectivity index (χ1) is 21.1. The number of methoxy groups -OCH3 is 1. The molecule has 12 heteroatoms. The number of carbonyl (C=O) groups excluding carboxylic acids is 4. The molecule has 0 aliphatic rings. The molecular formula is C32H40N6O6. The lowest BCUT2D eigenvalue weighted by Crippen LogP contribution is -2.54. The predicted molar refractivity (Wildman–Crippen MR) is 167 cm³/mol. The first-order valence-corrected chi connectivity index (χ1v) is 14.3. The van der Waals surface area contributed by atoms with E-state index in [0.717, 1.165) is 16.3 Å². The molecule has 0 aliphatic heterocycles. The monoisotopic (exact) mass is 604 g/mol. The summed E-state index contributed by atoms with van der Waals surface area (Å²) in [7, 11) is 1.49. The average Bonchev–Trinajstić information content (AvgIpc) is 3.00. The van der Waals surface area contributed by atoms with E-state index in [1.54, 1.807) is 12.1 Å². The number of amides is 4. The van der Waals surface area contributed by atoms with E-state index in [2.05, 4.69) is 21.3 Å².